The van der Waals surface area contributed by atoms with Gasteiger partial charge in [0.15, 0.2) is 17.2 Å². The Balaban J connectivity index is 1.42. The summed E-state index contributed by atoms with van der Waals surface area (Å²) < 4.78 is 40.4. The zero-order valence-corrected chi connectivity index (χ0v) is 20.0. The van der Waals surface area contributed by atoms with Crippen LogP contribution in [0, 0.1) is 5.92 Å². The van der Waals surface area contributed by atoms with Crippen LogP contribution < -0.4 is 19.1 Å². The molecule has 1 heterocycles. The summed E-state index contributed by atoms with van der Waals surface area (Å²) in [4.78, 5) is 14.4. The molecule has 34 heavy (non-hydrogen) atoms. The van der Waals surface area contributed by atoms with Crippen molar-refractivity contribution in [3.63, 3.8) is 0 Å². The van der Waals surface area contributed by atoms with Gasteiger partial charge in [0, 0.05) is 23.2 Å². The van der Waals surface area contributed by atoms with Gasteiger partial charge in [-0.2, -0.15) is 0 Å². The fourth-order valence-electron chi connectivity index (χ4n) is 4.02. The number of fused-ring (bicyclic) bond motifs is 1. The van der Waals surface area contributed by atoms with Crippen LogP contribution in [0.3, 0.4) is 0 Å². The highest BCUT2D eigenvalue weighted by Gasteiger charge is 2.36. The fraction of sp³-hybridized carbons (Fsp3) is 0.240. The van der Waals surface area contributed by atoms with Gasteiger partial charge in [0.2, 0.25) is 5.91 Å². The Morgan fingerprint density at radius 2 is 1.79 bits per heavy atom. The molecule has 0 atom stereocenters. The van der Waals surface area contributed by atoms with Gasteiger partial charge in [-0.15, -0.1) is 0 Å². The number of ether oxygens (including phenoxy) is 2. The van der Waals surface area contributed by atoms with E-state index >= 15 is 0 Å². The molecule has 5 rings (SSSR count). The van der Waals surface area contributed by atoms with E-state index in [0.29, 0.717) is 29.5 Å². The maximum absolute atomic E-state index is 13.3. The summed E-state index contributed by atoms with van der Waals surface area (Å²) in [5, 5.41) is 0.355. The third kappa shape index (κ3) is 4.43. The molecule has 0 radical (unpaired) electrons. The van der Waals surface area contributed by atoms with Crippen molar-refractivity contribution >= 4 is 38.9 Å². The van der Waals surface area contributed by atoms with Crippen molar-refractivity contribution < 1.29 is 22.7 Å². The summed E-state index contributed by atoms with van der Waals surface area (Å²) in [7, 11) is -2.42. The van der Waals surface area contributed by atoms with Gasteiger partial charge in [-0.1, -0.05) is 23.7 Å². The van der Waals surface area contributed by atoms with Gasteiger partial charge in [-0.25, -0.2) is 8.42 Å². The highest BCUT2D eigenvalue weighted by atomic mass is 35.5. The van der Waals surface area contributed by atoms with Crippen LogP contribution in [0.2, 0.25) is 5.02 Å². The number of sulfonamides is 1. The number of amides is 1. The summed E-state index contributed by atoms with van der Waals surface area (Å²) in [6.07, 6.45) is 2.48. The minimum absolute atomic E-state index is 0.107. The number of para-hydroxylation sites is 2. The van der Waals surface area contributed by atoms with Crippen LogP contribution in [0.15, 0.2) is 65.6 Å². The number of hydrogen-bond acceptors (Lipinski definition) is 5. The molecule has 1 saturated carbocycles. The number of anilines is 2. The molecule has 0 unspecified atom stereocenters. The summed E-state index contributed by atoms with van der Waals surface area (Å²) in [5.41, 5.74) is 1.83. The topological polar surface area (TPSA) is 84.9 Å². The first-order valence-electron chi connectivity index (χ1n) is 10.9. The lowest BCUT2D eigenvalue weighted by molar-refractivity contribution is -0.119. The van der Waals surface area contributed by atoms with E-state index in [1.165, 1.54) is 19.2 Å². The number of benzene rings is 3. The monoisotopic (exact) mass is 498 g/mol. The first-order chi connectivity index (χ1) is 16.4. The predicted octanol–water partition coefficient (Wildman–Crippen LogP) is 5.24. The van der Waals surface area contributed by atoms with Gasteiger partial charge in [-0.3, -0.25) is 9.52 Å². The lowest BCUT2D eigenvalue weighted by atomic mass is 10.2. The van der Waals surface area contributed by atoms with E-state index in [9.17, 15) is 13.2 Å². The second-order valence-corrected chi connectivity index (χ2v) is 10.4. The molecule has 0 saturated heterocycles. The largest absolute Gasteiger partial charge is 0.493 e. The van der Waals surface area contributed by atoms with Crippen molar-refractivity contribution in [3.05, 3.63) is 71.2 Å². The van der Waals surface area contributed by atoms with E-state index in [-0.39, 0.29) is 28.2 Å². The van der Waals surface area contributed by atoms with Crippen molar-refractivity contribution in [2.24, 2.45) is 5.92 Å². The average molecular weight is 499 g/mol. The molecule has 3 aromatic rings. The number of hydrogen-bond donors (Lipinski definition) is 1. The SMILES string of the molecule is COc1ccccc1Oc1ccc(Cl)cc1NS(=O)(=O)c1ccc2c(c1)CCN2C(=O)C1CC1. The molecular weight excluding hydrogens is 476 g/mol. The molecule has 2 aliphatic rings. The van der Waals surface area contributed by atoms with Crippen LogP contribution in [-0.4, -0.2) is 28.0 Å². The van der Waals surface area contributed by atoms with Gasteiger partial charge >= 0.3 is 0 Å². The Kier molecular flexibility index (Phi) is 5.87. The van der Waals surface area contributed by atoms with Crippen LogP contribution in [0.5, 0.6) is 17.2 Å². The first-order valence-corrected chi connectivity index (χ1v) is 12.8. The third-order valence-electron chi connectivity index (χ3n) is 5.92. The molecule has 1 fully saturated rings. The zero-order valence-electron chi connectivity index (χ0n) is 18.5. The molecule has 0 spiro atoms. The van der Waals surface area contributed by atoms with E-state index in [2.05, 4.69) is 4.72 Å². The van der Waals surface area contributed by atoms with E-state index in [0.717, 1.165) is 24.1 Å². The minimum Gasteiger partial charge on any atom is -0.493 e. The van der Waals surface area contributed by atoms with E-state index in [4.69, 9.17) is 21.1 Å². The molecule has 3 aromatic carbocycles. The second kappa shape index (κ2) is 8.85. The molecule has 0 aromatic heterocycles. The van der Waals surface area contributed by atoms with E-state index < -0.39 is 10.0 Å². The number of rotatable bonds is 7. The Morgan fingerprint density at radius 1 is 1.03 bits per heavy atom. The standard InChI is InChI=1S/C25H23ClN2O5S/c1-32-23-4-2-3-5-24(23)33-22-11-8-18(26)15-20(22)27-34(30,31)19-9-10-21-17(14-19)12-13-28(21)25(29)16-6-7-16/h2-5,8-11,14-16,27H,6-7,12-13H2,1H3. The van der Waals surface area contributed by atoms with Crippen LogP contribution in [0.1, 0.15) is 18.4 Å². The third-order valence-corrected chi connectivity index (χ3v) is 7.52. The maximum atomic E-state index is 13.3. The summed E-state index contributed by atoms with van der Waals surface area (Å²) in [5.74, 6) is 1.46. The van der Waals surface area contributed by atoms with Crippen LogP contribution in [-0.2, 0) is 21.2 Å². The highest BCUT2D eigenvalue weighted by molar-refractivity contribution is 7.92. The highest BCUT2D eigenvalue weighted by Crippen LogP contribution is 2.39. The Bertz CT molecular complexity index is 1370. The molecule has 1 amide bonds. The van der Waals surface area contributed by atoms with Crippen molar-refractivity contribution in [3.8, 4) is 17.2 Å². The number of nitrogens with one attached hydrogen (secondary N) is 1. The molecule has 176 valence electrons. The fourth-order valence-corrected chi connectivity index (χ4v) is 5.30. The van der Waals surface area contributed by atoms with Crippen molar-refractivity contribution in [2.75, 3.05) is 23.3 Å². The molecule has 1 N–H and O–H groups in total. The van der Waals surface area contributed by atoms with E-state index in [1.54, 1.807) is 47.4 Å². The van der Waals surface area contributed by atoms with Crippen LogP contribution >= 0.6 is 11.6 Å². The lowest BCUT2D eigenvalue weighted by Gasteiger charge is -2.18. The molecule has 1 aliphatic heterocycles. The molecule has 1 aliphatic carbocycles. The average Bonchev–Trinajstić information content (AvgIpc) is 3.59. The minimum atomic E-state index is -3.95. The Morgan fingerprint density at radius 3 is 2.53 bits per heavy atom. The first kappa shape index (κ1) is 22.6. The number of nitrogens with zero attached hydrogens (tertiary/aromatic N) is 1. The smallest absolute Gasteiger partial charge is 0.262 e. The van der Waals surface area contributed by atoms with Crippen LogP contribution in [0.25, 0.3) is 0 Å². The van der Waals surface area contributed by atoms with Gasteiger partial charge in [0.25, 0.3) is 10.0 Å². The quantitative estimate of drug-likeness (QED) is 0.481. The molecular formula is C25H23ClN2O5S. The van der Waals surface area contributed by atoms with Gasteiger partial charge in [0.1, 0.15) is 0 Å². The van der Waals surface area contributed by atoms with Crippen molar-refractivity contribution in [1.29, 1.82) is 0 Å². The Labute approximate surface area is 203 Å². The van der Waals surface area contributed by atoms with Gasteiger partial charge in [-0.05, 0) is 73.4 Å². The molecule has 0 bridgehead atoms. The Hall–Kier alpha value is -3.23. The van der Waals surface area contributed by atoms with E-state index in [1.807, 2.05) is 6.07 Å². The normalized spacial score (nSPS) is 15.1. The van der Waals surface area contributed by atoms with Gasteiger partial charge in [0.05, 0.1) is 17.7 Å². The zero-order chi connectivity index (χ0) is 23.9. The summed E-state index contributed by atoms with van der Waals surface area (Å²) in [6, 6.07) is 16.6. The molecule has 9 heteroatoms. The summed E-state index contributed by atoms with van der Waals surface area (Å²) >= 11 is 6.15. The van der Waals surface area contributed by atoms with Gasteiger partial charge < -0.3 is 14.4 Å². The predicted molar refractivity (Wildman–Crippen MR) is 131 cm³/mol. The lowest BCUT2D eigenvalue weighted by Crippen LogP contribution is -2.30. The number of carbonyl (C=O) groups is 1. The number of carbonyl (C=O) groups excluding carboxylic acids is 1. The van der Waals surface area contributed by atoms with Crippen molar-refractivity contribution in [2.45, 2.75) is 24.2 Å². The molecule has 7 nitrogen and oxygen atoms in total. The second-order valence-electron chi connectivity index (χ2n) is 8.30. The number of methoxy groups -OCH3 is 1. The summed E-state index contributed by atoms with van der Waals surface area (Å²) in [6.45, 7) is 0.576. The number of halogens is 1. The van der Waals surface area contributed by atoms with Crippen molar-refractivity contribution in [1.82, 2.24) is 0 Å². The van der Waals surface area contributed by atoms with Crippen LogP contribution in [0.4, 0.5) is 11.4 Å². The maximum Gasteiger partial charge on any atom is 0.262 e.